The van der Waals surface area contributed by atoms with Crippen molar-refractivity contribution in [2.75, 3.05) is 6.61 Å². The molecule has 1 nitrogen and oxygen atoms in total. The van der Waals surface area contributed by atoms with Crippen LogP contribution in [0.5, 0.6) is 0 Å². The number of allylic oxidation sites excluding steroid dienone is 1. The Morgan fingerprint density at radius 2 is 1.57 bits per heavy atom. The van der Waals surface area contributed by atoms with Gasteiger partial charge < -0.3 is 10.8 Å². The summed E-state index contributed by atoms with van der Waals surface area (Å²) in [5.74, 6) is 1.25. The Kier molecular flexibility index (Phi) is 15.1. The minimum atomic E-state index is -1.58. The van der Waals surface area contributed by atoms with E-state index in [4.69, 9.17) is 4.43 Å². The van der Waals surface area contributed by atoms with E-state index >= 15 is 0 Å². The predicted octanol–water partition coefficient (Wildman–Crippen LogP) is 1.87. The van der Waals surface area contributed by atoms with Gasteiger partial charge >= 0.3 is 35.9 Å². The number of rotatable bonds is 4. The summed E-state index contributed by atoms with van der Waals surface area (Å²) in [6.07, 6.45) is 23.0. The van der Waals surface area contributed by atoms with Gasteiger partial charge in [-0.15, -0.1) is 0 Å². The average Bonchev–Trinajstić information content (AvgIpc) is 3.08. The first-order valence-electron chi connectivity index (χ1n) is 7.43. The molecule has 2 aliphatic rings. The van der Waals surface area contributed by atoms with Crippen LogP contribution in [0.1, 0.15) is 20.8 Å². The maximum absolute atomic E-state index is 6.04. The standard InChI is InChI=1S/C14H23OSi.C5H4.Fe.Li/c1-14(2,3)16(4,5)15-12-8-11-13-9-6-7-10-13;1-2-4-5-3-1;;/h6-11H,12H2,1-5H3;1-4H;;/q;-1;+2;+1/b11-8+;;;. The van der Waals surface area contributed by atoms with Gasteiger partial charge in [-0.1, -0.05) is 45.8 Å². The van der Waals surface area contributed by atoms with E-state index in [-0.39, 0.29) is 35.9 Å². The van der Waals surface area contributed by atoms with Crippen molar-refractivity contribution in [3.05, 3.63) is 75.9 Å². The van der Waals surface area contributed by atoms with Crippen LogP contribution >= 0.6 is 0 Å². The molecule has 0 amide bonds. The van der Waals surface area contributed by atoms with Crippen LogP contribution in [0.2, 0.25) is 18.1 Å². The van der Waals surface area contributed by atoms with Gasteiger partial charge in [0, 0.05) is 5.92 Å². The molecule has 120 valence electrons. The molecule has 2 aliphatic carbocycles. The maximum atomic E-state index is 6.04. The van der Waals surface area contributed by atoms with Gasteiger partial charge in [0.15, 0.2) is 8.32 Å². The summed E-state index contributed by atoms with van der Waals surface area (Å²) >= 11 is 0. The average molecular weight is 362 g/mol. The monoisotopic (exact) mass is 362 g/mol. The van der Waals surface area contributed by atoms with Crippen LogP contribution in [-0.4, -0.2) is 14.9 Å². The maximum Gasteiger partial charge on any atom is 2.00 e. The van der Waals surface area contributed by atoms with Gasteiger partial charge in [0.05, 0.1) is 6.61 Å². The third kappa shape index (κ3) is 11.3. The van der Waals surface area contributed by atoms with Crippen LogP contribution < -0.4 is 18.9 Å². The summed E-state index contributed by atoms with van der Waals surface area (Å²) in [6.45, 7) is 12.1. The molecule has 0 unspecified atom stereocenters. The van der Waals surface area contributed by atoms with Crippen LogP contribution in [-0.2, 0) is 21.5 Å². The van der Waals surface area contributed by atoms with Crippen LogP contribution in [0.3, 0.4) is 0 Å². The van der Waals surface area contributed by atoms with E-state index in [1.165, 1.54) is 5.92 Å². The minimum Gasteiger partial charge on any atom is -0.474 e. The second-order valence-corrected chi connectivity index (χ2v) is 11.4. The van der Waals surface area contributed by atoms with E-state index in [0.717, 1.165) is 6.61 Å². The molecule has 0 aromatic heterocycles. The Labute approximate surface area is 169 Å². The first-order chi connectivity index (χ1) is 9.83. The van der Waals surface area contributed by atoms with Gasteiger partial charge in [0.25, 0.3) is 0 Å². The second-order valence-electron chi connectivity index (χ2n) is 6.58. The Hall–Kier alpha value is 1.03. The fraction of sp³-hybridized carbons (Fsp3) is 0.368. The fourth-order valence-corrected chi connectivity index (χ4v) is 2.38. The zero-order valence-electron chi connectivity index (χ0n) is 15.2. The Morgan fingerprint density at radius 1 is 1.04 bits per heavy atom. The fourth-order valence-electron chi connectivity index (χ4n) is 1.43. The van der Waals surface area contributed by atoms with Crippen molar-refractivity contribution in [1.82, 2.24) is 0 Å². The minimum absolute atomic E-state index is 0. The predicted molar refractivity (Wildman–Crippen MR) is 93.2 cm³/mol. The van der Waals surface area contributed by atoms with Gasteiger partial charge in [-0.05, 0) is 43.8 Å². The molecule has 0 aromatic rings. The van der Waals surface area contributed by atoms with Crippen LogP contribution in [0, 0.1) is 63.7 Å². The second kappa shape index (κ2) is 13.3. The van der Waals surface area contributed by atoms with E-state index in [1.54, 1.807) is 0 Å². The topological polar surface area (TPSA) is 9.23 Å². The largest absolute Gasteiger partial charge is 2.00 e. The third-order valence-electron chi connectivity index (χ3n) is 3.84. The molecule has 2 fully saturated rings. The van der Waals surface area contributed by atoms with Crippen molar-refractivity contribution in [3.8, 4) is 0 Å². The molecule has 0 atom stereocenters. The first-order valence-corrected chi connectivity index (χ1v) is 10.3. The molecule has 0 aromatic carbocycles. The van der Waals surface area contributed by atoms with Gasteiger partial charge in [0.2, 0.25) is 0 Å². The van der Waals surface area contributed by atoms with Crippen LogP contribution in [0.4, 0.5) is 0 Å². The molecule has 2 rings (SSSR count). The van der Waals surface area contributed by atoms with Crippen molar-refractivity contribution in [3.63, 3.8) is 0 Å². The Morgan fingerprint density at radius 3 is 1.96 bits per heavy atom. The van der Waals surface area contributed by atoms with Crippen LogP contribution in [0.25, 0.3) is 0 Å². The van der Waals surface area contributed by atoms with Gasteiger partial charge in [-0.25, -0.2) is 12.8 Å². The molecule has 4 heteroatoms. The molecule has 0 heterocycles. The third-order valence-corrected chi connectivity index (χ3v) is 8.34. The Balaban J connectivity index is 0. The number of hydrogen-bond acceptors (Lipinski definition) is 1. The van der Waals surface area contributed by atoms with Crippen molar-refractivity contribution in [1.29, 1.82) is 0 Å². The summed E-state index contributed by atoms with van der Waals surface area (Å²) in [5, 5.41) is 0.293. The molecule has 0 bridgehead atoms. The molecule has 23 heavy (non-hydrogen) atoms. The summed E-state index contributed by atoms with van der Waals surface area (Å²) in [4.78, 5) is 0. The SMILES string of the molecule is CC(C)(C)[Si](C)(C)OC/C=C/[C]1[CH][CH][CH][CH]1.[C-]1[CH][CH][CH][CH]1.[Fe+2].[Li+]. The van der Waals surface area contributed by atoms with Crippen molar-refractivity contribution in [2.45, 2.75) is 38.9 Å². The molecule has 0 saturated heterocycles. The molecule has 2 saturated carbocycles. The van der Waals surface area contributed by atoms with Crippen molar-refractivity contribution >= 4 is 8.32 Å². The van der Waals surface area contributed by atoms with E-state index in [0.29, 0.717) is 5.04 Å². The summed E-state index contributed by atoms with van der Waals surface area (Å²) in [6, 6.07) is 0. The van der Waals surface area contributed by atoms with Gasteiger partial charge in [-0.3, -0.25) is 0 Å². The quantitative estimate of drug-likeness (QED) is 0.548. The van der Waals surface area contributed by atoms with Crippen molar-refractivity contribution < 1.29 is 40.4 Å². The summed E-state index contributed by atoms with van der Waals surface area (Å²) in [5.41, 5.74) is 0. The van der Waals surface area contributed by atoms with Crippen LogP contribution in [0.15, 0.2) is 12.2 Å². The molecule has 0 spiro atoms. The van der Waals surface area contributed by atoms with Gasteiger partial charge in [-0.2, -0.15) is 0 Å². The molecular weight excluding hydrogens is 335 g/mol. The van der Waals surface area contributed by atoms with Crippen molar-refractivity contribution in [2.24, 2.45) is 0 Å². The Bertz CT molecular complexity index is 295. The molecular formula is C19H27FeLiOSi+2. The van der Waals surface area contributed by atoms with Gasteiger partial charge in [0.1, 0.15) is 0 Å². The summed E-state index contributed by atoms with van der Waals surface area (Å²) < 4.78 is 6.04. The summed E-state index contributed by atoms with van der Waals surface area (Å²) in [7, 11) is -1.58. The smallest absolute Gasteiger partial charge is 0.474 e. The first kappa shape index (κ1) is 26.3. The van der Waals surface area contributed by atoms with E-state index in [2.05, 4.69) is 65.3 Å². The van der Waals surface area contributed by atoms with E-state index in [9.17, 15) is 0 Å². The zero-order valence-corrected chi connectivity index (χ0v) is 17.3. The molecule has 0 aliphatic heterocycles. The molecule has 0 N–H and O–H groups in total. The molecule has 10 radical (unpaired) electrons. The number of hydrogen-bond donors (Lipinski definition) is 0. The normalized spacial score (nSPS) is 19.0. The van der Waals surface area contributed by atoms with E-state index in [1.807, 2.05) is 38.5 Å². The van der Waals surface area contributed by atoms with E-state index < -0.39 is 8.32 Å². The zero-order chi connectivity index (χ0) is 15.8.